The third-order valence-corrected chi connectivity index (χ3v) is 6.39. The first-order valence-electron chi connectivity index (χ1n) is 12.7. The van der Waals surface area contributed by atoms with E-state index in [1.807, 2.05) is 26.0 Å². The van der Waals surface area contributed by atoms with E-state index in [0.29, 0.717) is 59.2 Å². The number of nitrogens with one attached hydrogen (secondary N) is 3. The molecule has 12 nitrogen and oxygen atoms in total. The van der Waals surface area contributed by atoms with Crippen molar-refractivity contribution in [2.24, 2.45) is 5.73 Å². The highest BCUT2D eigenvalue weighted by Gasteiger charge is 2.21. The van der Waals surface area contributed by atoms with Crippen LogP contribution in [0.25, 0.3) is 11.0 Å². The van der Waals surface area contributed by atoms with Gasteiger partial charge in [0.1, 0.15) is 17.0 Å². The maximum atomic E-state index is 13.2. The van der Waals surface area contributed by atoms with Gasteiger partial charge in [0.15, 0.2) is 0 Å². The maximum Gasteiger partial charge on any atom is 0.276 e. The lowest BCUT2D eigenvalue weighted by Crippen LogP contribution is -2.26. The topological polar surface area (TPSA) is 158 Å². The fourth-order valence-corrected chi connectivity index (χ4v) is 4.30. The Bertz CT molecular complexity index is 1540. The molecule has 13 heteroatoms. The minimum Gasteiger partial charge on any atom is -0.494 e. The zero-order valence-corrected chi connectivity index (χ0v) is 23.2. The number of nitrogens with two attached hydrogens (primary N) is 1. The lowest BCUT2D eigenvalue weighted by molar-refractivity contribution is -0.121. The summed E-state index contributed by atoms with van der Waals surface area (Å²) in [6, 6.07) is 12.0. The molecule has 0 saturated heterocycles. The van der Waals surface area contributed by atoms with Crippen molar-refractivity contribution < 1.29 is 19.1 Å². The second-order valence-electron chi connectivity index (χ2n) is 9.04. The summed E-state index contributed by atoms with van der Waals surface area (Å²) in [7, 11) is 1.46. The van der Waals surface area contributed by atoms with E-state index in [1.54, 1.807) is 27.6 Å². The van der Waals surface area contributed by atoms with Crippen LogP contribution in [-0.2, 0) is 17.9 Å². The maximum absolute atomic E-state index is 13.2. The summed E-state index contributed by atoms with van der Waals surface area (Å²) in [6.07, 6.45) is 0.760. The monoisotopic (exact) mass is 566 g/mol. The van der Waals surface area contributed by atoms with Gasteiger partial charge in [0.25, 0.3) is 5.91 Å². The Balaban J connectivity index is 1.51. The Morgan fingerprint density at radius 3 is 2.55 bits per heavy atom. The average molecular weight is 567 g/mol. The minimum atomic E-state index is -0.639. The summed E-state index contributed by atoms with van der Waals surface area (Å²) in [5.41, 5.74) is 11.8. The van der Waals surface area contributed by atoms with Gasteiger partial charge in [0.2, 0.25) is 17.8 Å². The largest absolute Gasteiger partial charge is 0.494 e. The summed E-state index contributed by atoms with van der Waals surface area (Å²) in [5.74, 6) is -0.639. The molecule has 2 heterocycles. The van der Waals surface area contributed by atoms with E-state index in [9.17, 15) is 14.4 Å². The Morgan fingerprint density at radius 2 is 1.88 bits per heavy atom. The van der Waals surface area contributed by atoms with Crippen molar-refractivity contribution in [3.05, 3.63) is 70.0 Å². The molecular weight excluding hydrogens is 536 g/mol. The van der Waals surface area contributed by atoms with Crippen molar-refractivity contribution >= 4 is 46.3 Å². The van der Waals surface area contributed by atoms with Crippen LogP contribution in [0.3, 0.4) is 0 Å². The number of methoxy groups -OCH3 is 1. The number of aryl methyl sites for hydroxylation is 2. The molecule has 4 rings (SSSR count). The molecule has 0 spiro atoms. The molecule has 0 fully saturated rings. The number of rotatable bonds is 12. The second-order valence-corrected chi connectivity index (χ2v) is 9.47. The van der Waals surface area contributed by atoms with Gasteiger partial charge < -0.3 is 21.2 Å². The number of carbonyl (C=O) groups excluding carboxylic acids is 3. The first-order valence-corrected chi connectivity index (χ1v) is 13.1. The molecule has 0 aliphatic rings. The second kappa shape index (κ2) is 12.5. The zero-order chi connectivity index (χ0) is 28.8. The minimum absolute atomic E-state index is 0.104. The van der Waals surface area contributed by atoms with Crippen molar-refractivity contribution in [2.75, 3.05) is 24.4 Å². The number of anilines is 1. The van der Waals surface area contributed by atoms with Crippen LogP contribution >= 0.6 is 11.6 Å². The van der Waals surface area contributed by atoms with Gasteiger partial charge in [-0.25, -0.2) is 9.66 Å². The number of fused-ring (bicyclic) bond motifs is 1. The van der Waals surface area contributed by atoms with Crippen molar-refractivity contribution in [2.45, 2.75) is 39.8 Å². The van der Waals surface area contributed by atoms with Gasteiger partial charge in [-0.1, -0.05) is 23.7 Å². The Hall–Kier alpha value is -4.58. The van der Waals surface area contributed by atoms with Crippen LogP contribution in [0, 0.1) is 6.92 Å². The van der Waals surface area contributed by atoms with Gasteiger partial charge in [-0.2, -0.15) is 5.10 Å². The van der Waals surface area contributed by atoms with E-state index in [-0.39, 0.29) is 23.8 Å². The molecule has 0 aliphatic carbocycles. The number of hydrogen-bond acceptors (Lipinski definition) is 7. The number of amides is 3. The summed E-state index contributed by atoms with van der Waals surface area (Å²) < 4.78 is 8.69. The molecule has 0 atom stereocenters. The molecule has 40 heavy (non-hydrogen) atoms. The lowest BCUT2D eigenvalue weighted by atomic mass is 10.1. The molecule has 0 unspecified atom stereocenters. The Morgan fingerprint density at radius 1 is 1.12 bits per heavy atom. The van der Waals surface area contributed by atoms with E-state index >= 15 is 0 Å². The van der Waals surface area contributed by atoms with E-state index in [1.165, 1.54) is 19.2 Å². The van der Waals surface area contributed by atoms with Crippen LogP contribution in [0.2, 0.25) is 5.02 Å². The predicted octanol–water partition coefficient (Wildman–Crippen LogP) is 3.21. The van der Waals surface area contributed by atoms with Crippen LogP contribution in [-0.4, -0.2) is 50.8 Å². The summed E-state index contributed by atoms with van der Waals surface area (Å²) in [4.78, 5) is 42.0. The number of benzene rings is 2. The van der Waals surface area contributed by atoms with E-state index in [4.69, 9.17) is 22.1 Å². The molecule has 0 bridgehead atoms. The number of carbonyl (C=O) groups is 3. The molecule has 2 aromatic heterocycles. The summed E-state index contributed by atoms with van der Waals surface area (Å²) >= 11 is 5.91. The molecule has 0 aliphatic heterocycles. The number of primary amides is 1. The fraction of sp³-hybridized carbons (Fsp3) is 0.296. The Kier molecular flexibility index (Phi) is 8.90. The highest BCUT2D eigenvalue weighted by molar-refractivity contribution is 6.30. The number of nitrogens with zero attached hydrogens (tertiary/aromatic N) is 4. The van der Waals surface area contributed by atoms with Gasteiger partial charge in [0.05, 0.1) is 18.3 Å². The first-order chi connectivity index (χ1) is 19.2. The first kappa shape index (κ1) is 28.4. The third kappa shape index (κ3) is 6.52. The predicted molar refractivity (Wildman–Crippen MR) is 152 cm³/mol. The van der Waals surface area contributed by atoms with E-state index < -0.39 is 11.8 Å². The number of ether oxygens (including phenoxy) is 1. The van der Waals surface area contributed by atoms with Crippen LogP contribution < -0.4 is 26.5 Å². The standard InChI is InChI=1S/C27H31ClN8O4/c1-4-35-21(12-16(2)34-35)26(39)33-27-32-20-13-18(25(29)38)14-22(40-3)24(20)36(27)31-11-5-6-23(37)30-15-17-7-9-19(28)10-8-17/h7-10,12-14,31H,4-6,11,15H2,1-3H3,(H2,29,38)(H,30,37)(H,32,33,39). The highest BCUT2D eigenvalue weighted by atomic mass is 35.5. The average Bonchev–Trinajstić information content (AvgIpc) is 3.49. The molecular formula is C27H31ClN8O4. The smallest absolute Gasteiger partial charge is 0.276 e. The number of halogens is 1. The number of hydrogen-bond donors (Lipinski definition) is 4. The van der Waals surface area contributed by atoms with Gasteiger partial charge in [-0.15, -0.1) is 0 Å². The van der Waals surface area contributed by atoms with Gasteiger partial charge in [-0.05, 0) is 56.2 Å². The SMILES string of the molecule is CCn1nc(C)cc1C(=O)Nc1nc2cc(C(N)=O)cc(OC)c2n1NCCCC(=O)NCc1ccc(Cl)cc1. The molecule has 4 aromatic rings. The van der Waals surface area contributed by atoms with Crippen LogP contribution in [0.15, 0.2) is 42.5 Å². The number of imidazole rings is 1. The summed E-state index contributed by atoms with van der Waals surface area (Å²) in [5, 5.41) is 10.7. The molecule has 3 amide bonds. The molecule has 0 saturated carbocycles. The van der Waals surface area contributed by atoms with E-state index in [0.717, 1.165) is 5.56 Å². The van der Waals surface area contributed by atoms with Gasteiger partial charge in [-0.3, -0.25) is 24.4 Å². The highest BCUT2D eigenvalue weighted by Crippen LogP contribution is 2.30. The van der Waals surface area contributed by atoms with Crippen molar-refractivity contribution in [1.29, 1.82) is 0 Å². The quantitative estimate of drug-likeness (QED) is 0.192. The molecule has 5 N–H and O–H groups in total. The normalized spacial score (nSPS) is 10.9. The van der Waals surface area contributed by atoms with Gasteiger partial charge >= 0.3 is 0 Å². The summed E-state index contributed by atoms with van der Waals surface area (Å²) in [6.45, 7) is 4.99. The van der Waals surface area contributed by atoms with E-state index in [2.05, 4.69) is 26.1 Å². The van der Waals surface area contributed by atoms with Crippen molar-refractivity contribution in [3.63, 3.8) is 0 Å². The Labute approximate surface area is 235 Å². The zero-order valence-electron chi connectivity index (χ0n) is 22.5. The fourth-order valence-electron chi connectivity index (χ4n) is 4.17. The molecule has 0 radical (unpaired) electrons. The van der Waals surface area contributed by atoms with Crippen molar-refractivity contribution in [3.8, 4) is 5.75 Å². The van der Waals surface area contributed by atoms with Crippen LogP contribution in [0.1, 0.15) is 51.9 Å². The third-order valence-electron chi connectivity index (χ3n) is 6.13. The molecule has 210 valence electrons. The van der Waals surface area contributed by atoms with Crippen LogP contribution in [0.4, 0.5) is 5.95 Å². The lowest BCUT2D eigenvalue weighted by Gasteiger charge is -2.14. The number of aromatic nitrogens is 4. The molecule has 2 aromatic carbocycles. The van der Waals surface area contributed by atoms with Gasteiger partial charge in [0, 0.05) is 36.6 Å². The van der Waals surface area contributed by atoms with Crippen molar-refractivity contribution in [1.82, 2.24) is 24.8 Å². The van der Waals surface area contributed by atoms with Crippen LogP contribution in [0.5, 0.6) is 5.75 Å².